The zero-order valence-corrected chi connectivity index (χ0v) is 18.1. The Morgan fingerprint density at radius 3 is 2.50 bits per heavy atom. The van der Waals surface area contributed by atoms with E-state index in [1.165, 1.54) is 6.92 Å². The third-order valence-corrected chi connectivity index (χ3v) is 5.86. The lowest BCUT2D eigenvalue weighted by Gasteiger charge is -2.38. The van der Waals surface area contributed by atoms with E-state index in [0.29, 0.717) is 28.6 Å². The highest BCUT2D eigenvalue weighted by atomic mass is 35.5. The highest BCUT2D eigenvalue weighted by molar-refractivity contribution is 6.31. The number of carbonyl (C=O) groups is 2. The fourth-order valence-corrected chi connectivity index (χ4v) is 4.10. The molecule has 2 aromatic carbocycles. The molecular weight excluding hydrogens is 402 g/mol. The Morgan fingerprint density at radius 1 is 1.17 bits per heavy atom. The van der Waals surface area contributed by atoms with Crippen LogP contribution in [0, 0.1) is 0 Å². The maximum Gasteiger partial charge on any atom is 0.254 e. The van der Waals surface area contributed by atoms with Gasteiger partial charge in [0.1, 0.15) is 5.75 Å². The predicted octanol–water partition coefficient (Wildman–Crippen LogP) is 4.22. The van der Waals surface area contributed by atoms with Gasteiger partial charge in [0, 0.05) is 41.8 Å². The quantitative estimate of drug-likeness (QED) is 0.720. The Hall–Kier alpha value is -2.57. The van der Waals surface area contributed by atoms with Crippen LogP contribution in [0.3, 0.4) is 0 Å². The third-order valence-electron chi connectivity index (χ3n) is 5.49. The second-order valence-electron chi connectivity index (χ2n) is 7.66. The second-order valence-corrected chi connectivity index (χ2v) is 8.07. The van der Waals surface area contributed by atoms with Crippen molar-refractivity contribution in [2.75, 3.05) is 12.4 Å². The number of ether oxygens (including phenoxy) is 1. The minimum absolute atomic E-state index is 0.0751. The standard InChI is InChI=1S/C23H28ClN3O3/c1-15(28)26-18-9-12-20(24)17(13-18)14-27(22-6-4-3-5-21(22)25)23(29)16-7-10-19(30-2)11-8-16/h7-13,21-22H,3-6,14,25H2,1-2H3,(H,26,28). The van der Waals surface area contributed by atoms with Gasteiger partial charge >= 0.3 is 0 Å². The van der Waals surface area contributed by atoms with E-state index >= 15 is 0 Å². The van der Waals surface area contributed by atoms with E-state index in [1.807, 2.05) is 11.0 Å². The number of amides is 2. The molecule has 2 unspecified atom stereocenters. The number of nitrogens with one attached hydrogen (secondary N) is 1. The van der Waals surface area contributed by atoms with E-state index < -0.39 is 0 Å². The summed E-state index contributed by atoms with van der Waals surface area (Å²) in [5.74, 6) is 0.434. The molecule has 1 aliphatic rings. The Kier molecular flexibility index (Phi) is 7.34. The minimum atomic E-state index is -0.163. The van der Waals surface area contributed by atoms with Crippen LogP contribution in [-0.4, -0.2) is 35.9 Å². The molecule has 7 heteroatoms. The number of halogens is 1. The van der Waals surface area contributed by atoms with Crippen molar-refractivity contribution in [3.8, 4) is 5.75 Å². The molecule has 3 N–H and O–H groups in total. The van der Waals surface area contributed by atoms with Crippen molar-refractivity contribution in [2.45, 2.75) is 51.2 Å². The van der Waals surface area contributed by atoms with Gasteiger partial charge in [-0.05, 0) is 60.9 Å². The fourth-order valence-electron chi connectivity index (χ4n) is 3.93. The van der Waals surface area contributed by atoms with E-state index in [1.54, 1.807) is 43.5 Å². The van der Waals surface area contributed by atoms with Crippen molar-refractivity contribution in [1.29, 1.82) is 0 Å². The normalized spacial score (nSPS) is 18.5. The Labute approximate surface area is 182 Å². The number of methoxy groups -OCH3 is 1. The first-order valence-corrected chi connectivity index (χ1v) is 10.5. The first-order valence-electron chi connectivity index (χ1n) is 10.2. The topological polar surface area (TPSA) is 84.7 Å². The molecule has 1 aliphatic carbocycles. The molecule has 6 nitrogen and oxygen atoms in total. The first kappa shape index (κ1) is 22.1. The van der Waals surface area contributed by atoms with Gasteiger partial charge in [0.25, 0.3) is 5.91 Å². The molecule has 0 bridgehead atoms. The summed E-state index contributed by atoms with van der Waals surface area (Å²) >= 11 is 6.44. The predicted molar refractivity (Wildman–Crippen MR) is 119 cm³/mol. The van der Waals surface area contributed by atoms with Crippen LogP contribution in [0.15, 0.2) is 42.5 Å². The molecule has 2 aromatic rings. The first-order chi connectivity index (χ1) is 14.4. The maximum atomic E-state index is 13.5. The molecule has 30 heavy (non-hydrogen) atoms. The number of anilines is 1. The number of benzene rings is 2. The Balaban J connectivity index is 1.93. The van der Waals surface area contributed by atoms with Gasteiger partial charge < -0.3 is 20.7 Å². The van der Waals surface area contributed by atoms with E-state index in [-0.39, 0.29) is 23.9 Å². The van der Waals surface area contributed by atoms with Gasteiger partial charge in [-0.1, -0.05) is 24.4 Å². The molecule has 0 saturated heterocycles. The maximum absolute atomic E-state index is 13.5. The number of hydrogen-bond acceptors (Lipinski definition) is 4. The average molecular weight is 430 g/mol. The molecule has 3 rings (SSSR count). The summed E-state index contributed by atoms with van der Waals surface area (Å²) in [6.07, 6.45) is 3.84. The molecule has 0 spiro atoms. The van der Waals surface area contributed by atoms with E-state index in [9.17, 15) is 9.59 Å². The summed E-state index contributed by atoms with van der Waals surface area (Å²) in [5.41, 5.74) is 8.41. The number of carbonyl (C=O) groups excluding carboxylic acids is 2. The van der Waals surface area contributed by atoms with Gasteiger partial charge in [0.2, 0.25) is 5.91 Å². The SMILES string of the molecule is COc1ccc(C(=O)N(Cc2cc(NC(C)=O)ccc2Cl)C2CCCCC2N)cc1. The van der Waals surface area contributed by atoms with Crippen molar-refractivity contribution in [2.24, 2.45) is 5.73 Å². The molecule has 0 heterocycles. The van der Waals surface area contributed by atoms with Crippen LogP contribution in [0.2, 0.25) is 5.02 Å². The second kappa shape index (κ2) is 9.96. The van der Waals surface area contributed by atoms with Crippen LogP contribution >= 0.6 is 11.6 Å². The van der Waals surface area contributed by atoms with Gasteiger partial charge in [-0.2, -0.15) is 0 Å². The molecule has 1 saturated carbocycles. The molecule has 0 aliphatic heterocycles. The summed E-state index contributed by atoms with van der Waals surface area (Å²) in [6, 6.07) is 12.2. The number of nitrogens with zero attached hydrogens (tertiary/aromatic N) is 1. The number of hydrogen-bond donors (Lipinski definition) is 2. The third kappa shape index (κ3) is 5.32. The smallest absolute Gasteiger partial charge is 0.254 e. The summed E-state index contributed by atoms with van der Waals surface area (Å²) < 4.78 is 5.20. The lowest BCUT2D eigenvalue weighted by molar-refractivity contribution is -0.114. The minimum Gasteiger partial charge on any atom is -0.497 e. The molecule has 0 radical (unpaired) electrons. The zero-order valence-electron chi connectivity index (χ0n) is 17.4. The monoisotopic (exact) mass is 429 g/mol. The van der Waals surface area contributed by atoms with Crippen LogP contribution in [0.25, 0.3) is 0 Å². The fraction of sp³-hybridized carbons (Fsp3) is 0.391. The lowest BCUT2D eigenvalue weighted by atomic mass is 9.89. The molecule has 1 fully saturated rings. The molecular formula is C23H28ClN3O3. The summed E-state index contributed by atoms with van der Waals surface area (Å²) in [7, 11) is 1.59. The van der Waals surface area contributed by atoms with Gasteiger partial charge in [0.05, 0.1) is 7.11 Å². The van der Waals surface area contributed by atoms with Gasteiger partial charge in [-0.25, -0.2) is 0 Å². The molecule has 2 amide bonds. The van der Waals surface area contributed by atoms with Gasteiger partial charge in [0.15, 0.2) is 0 Å². The highest BCUT2D eigenvalue weighted by Gasteiger charge is 2.32. The summed E-state index contributed by atoms with van der Waals surface area (Å²) in [4.78, 5) is 26.7. The van der Waals surface area contributed by atoms with Crippen molar-refractivity contribution in [3.05, 3.63) is 58.6 Å². The van der Waals surface area contributed by atoms with Crippen LogP contribution in [-0.2, 0) is 11.3 Å². The van der Waals surface area contributed by atoms with Crippen molar-refractivity contribution >= 4 is 29.1 Å². The van der Waals surface area contributed by atoms with Gasteiger partial charge in [-0.3, -0.25) is 9.59 Å². The largest absolute Gasteiger partial charge is 0.497 e. The Bertz CT molecular complexity index is 901. The number of nitrogens with two attached hydrogens (primary N) is 1. The van der Waals surface area contributed by atoms with Crippen LogP contribution in [0.1, 0.15) is 48.5 Å². The molecule has 2 atom stereocenters. The zero-order chi connectivity index (χ0) is 21.7. The summed E-state index contributed by atoms with van der Waals surface area (Å²) in [5, 5.41) is 3.31. The Morgan fingerprint density at radius 2 is 1.87 bits per heavy atom. The van der Waals surface area contributed by atoms with Crippen molar-refractivity contribution in [3.63, 3.8) is 0 Å². The van der Waals surface area contributed by atoms with Crippen molar-refractivity contribution in [1.82, 2.24) is 4.90 Å². The van der Waals surface area contributed by atoms with Crippen molar-refractivity contribution < 1.29 is 14.3 Å². The van der Waals surface area contributed by atoms with Crippen LogP contribution in [0.5, 0.6) is 5.75 Å². The van der Waals surface area contributed by atoms with Crippen LogP contribution in [0.4, 0.5) is 5.69 Å². The van der Waals surface area contributed by atoms with Gasteiger partial charge in [-0.15, -0.1) is 0 Å². The van der Waals surface area contributed by atoms with E-state index in [2.05, 4.69) is 5.32 Å². The lowest BCUT2D eigenvalue weighted by Crippen LogP contribution is -2.51. The summed E-state index contributed by atoms with van der Waals surface area (Å²) in [6.45, 7) is 1.77. The number of rotatable bonds is 6. The van der Waals surface area contributed by atoms with Crippen LogP contribution < -0.4 is 15.8 Å². The highest BCUT2D eigenvalue weighted by Crippen LogP contribution is 2.29. The van der Waals surface area contributed by atoms with E-state index in [4.69, 9.17) is 22.1 Å². The average Bonchev–Trinajstić information content (AvgIpc) is 2.74. The molecule has 160 valence electrons. The molecule has 0 aromatic heterocycles. The van der Waals surface area contributed by atoms with E-state index in [0.717, 1.165) is 31.2 Å².